The molecule has 5 nitrogen and oxygen atoms in total. The molecular weight excluding hydrogens is 222 g/mol. The Labute approximate surface area is 100 Å². The van der Waals surface area contributed by atoms with Gasteiger partial charge >= 0.3 is 0 Å². The van der Waals surface area contributed by atoms with Crippen LogP contribution in [0.15, 0.2) is 0 Å². The van der Waals surface area contributed by atoms with E-state index >= 15 is 0 Å². The number of hydrazine groups is 1. The third-order valence-electron chi connectivity index (χ3n) is 3.17. The number of hydrogen-bond donors (Lipinski definition) is 2. The normalized spacial score (nSPS) is 17.9. The summed E-state index contributed by atoms with van der Waals surface area (Å²) in [7, 11) is 2.17. The summed E-state index contributed by atoms with van der Waals surface area (Å²) in [6, 6.07) is 0.715. The highest BCUT2D eigenvalue weighted by atomic mass is 32.1. The number of nitrogens with two attached hydrogens (primary N) is 1. The molecular formula is C10H19N5S. The van der Waals surface area contributed by atoms with Crippen LogP contribution in [0.2, 0.25) is 0 Å². The maximum Gasteiger partial charge on any atom is 0.219 e. The van der Waals surface area contributed by atoms with Gasteiger partial charge in [-0.25, -0.2) is 5.84 Å². The lowest BCUT2D eigenvalue weighted by molar-refractivity contribution is 0.184. The van der Waals surface area contributed by atoms with Crippen molar-refractivity contribution in [2.24, 2.45) is 5.84 Å². The number of nitrogens with zero attached hydrogens (tertiary/aromatic N) is 3. The molecule has 0 aliphatic heterocycles. The number of nitrogen functional groups attached to an aromatic ring is 1. The van der Waals surface area contributed by atoms with Crippen molar-refractivity contribution in [3.8, 4) is 0 Å². The number of nitrogens with one attached hydrogen (secondary N) is 1. The fourth-order valence-corrected chi connectivity index (χ4v) is 2.95. The summed E-state index contributed by atoms with van der Waals surface area (Å²) in [6.45, 7) is 0.879. The molecule has 1 aliphatic carbocycles. The van der Waals surface area contributed by atoms with Crippen molar-refractivity contribution in [2.45, 2.75) is 44.7 Å². The molecule has 1 aliphatic rings. The van der Waals surface area contributed by atoms with Gasteiger partial charge in [0.25, 0.3) is 0 Å². The Morgan fingerprint density at radius 2 is 2.12 bits per heavy atom. The third kappa shape index (κ3) is 2.90. The zero-order valence-electron chi connectivity index (χ0n) is 9.65. The van der Waals surface area contributed by atoms with Gasteiger partial charge in [-0.05, 0) is 19.9 Å². The van der Waals surface area contributed by atoms with Crippen LogP contribution >= 0.6 is 11.3 Å². The maximum atomic E-state index is 5.28. The topological polar surface area (TPSA) is 67.1 Å². The Morgan fingerprint density at radius 3 is 2.75 bits per heavy atom. The first kappa shape index (κ1) is 11.8. The lowest BCUT2D eigenvalue weighted by atomic mass is 9.94. The Bertz CT molecular complexity index is 321. The van der Waals surface area contributed by atoms with Gasteiger partial charge in [-0.2, -0.15) is 0 Å². The van der Waals surface area contributed by atoms with Crippen LogP contribution in [0.3, 0.4) is 0 Å². The molecule has 1 aromatic rings. The van der Waals surface area contributed by atoms with Gasteiger partial charge in [-0.15, -0.1) is 10.2 Å². The highest BCUT2D eigenvalue weighted by Crippen LogP contribution is 2.24. The summed E-state index contributed by atoms with van der Waals surface area (Å²) in [5, 5.41) is 9.76. The number of hydrogen-bond acceptors (Lipinski definition) is 6. The molecule has 0 bridgehead atoms. The Balaban J connectivity index is 1.87. The molecule has 0 radical (unpaired) electrons. The maximum absolute atomic E-state index is 5.28. The summed E-state index contributed by atoms with van der Waals surface area (Å²) < 4.78 is 0. The van der Waals surface area contributed by atoms with Crippen LogP contribution in [0.5, 0.6) is 0 Å². The Kier molecular flexibility index (Phi) is 4.09. The highest BCUT2D eigenvalue weighted by molar-refractivity contribution is 7.15. The lowest BCUT2D eigenvalue weighted by Gasteiger charge is -2.30. The van der Waals surface area contributed by atoms with E-state index in [-0.39, 0.29) is 0 Å². The predicted octanol–water partition coefficient (Wildman–Crippen LogP) is 1.59. The monoisotopic (exact) mass is 241 g/mol. The fraction of sp³-hybridized carbons (Fsp3) is 0.800. The minimum absolute atomic E-state index is 0.687. The van der Waals surface area contributed by atoms with E-state index in [0.717, 1.165) is 11.6 Å². The Hall–Kier alpha value is -0.720. The highest BCUT2D eigenvalue weighted by Gasteiger charge is 2.19. The van der Waals surface area contributed by atoms with Gasteiger partial charge in [0.05, 0.1) is 6.54 Å². The summed E-state index contributed by atoms with van der Waals surface area (Å²) in [5.74, 6) is 5.28. The summed E-state index contributed by atoms with van der Waals surface area (Å²) >= 11 is 1.53. The van der Waals surface area contributed by atoms with Gasteiger partial charge in [0.2, 0.25) is 5.13 Å². The van der Waals surface area contributed by atoms with E-state index in [1.807, 2.05) is 0 Å². The van der Waals surface area contributed by atoms with Crippen LogP contribution in [-0.4, -0.2) is 28.2 Å². The molecule has 1 fully saturated rings. The average Bonchev–Trinajstić information content (AvgIpc) is 2.78. The van der Waals surface area contributed by atoms with Gasteiger partial charge in [0.1, 0.15) is 5.01 Å². The first-order valence-electron chi connectivity index (χ1n) is 5.79. The number of aromatic nitrogens is 2. The van der Waals surface area contributed by atoms with E-state index < -0.39 is 0 Å². The molecule has 1 saturated carbocycles. The van der Waals surface area contributed by atoms with Crippen molar-refractivity contribution in [3.05, 3.63) is 5.01 Å². The lowest BCUT2D eigenvalue weighted by Crippen LogP contribution is -2.32. The molecule has 3 N–H and O–H groups in total. The average molecular weight is 241 g/mol. The van der Waals surface area contributed by atoms with E-state index in [2.05, 4.69) is 27.6 Å². The zero-order valence-corrected chi connectivity index (χ0v) is 10.5. The van der Waals surface area contributed by atoms with Gasteiger partial charge < -0.3 is 0 Å². The van der Waals surface area contributed by atoms with Crippen LogP contribution in [-0.2, 0) is 6.54 Å². The van der Waals surface area contributed by atoms with Gasteiger partial charge in [0.15, 0.2) is 0 Å². The van der Waals surface area contributed by atoms with Gasteiger partial charge in [-0.3, -0.25) is 10.3 Å². The van der Waals surface area contributed by atoms with E-state index in [4.69, 9.17) is 5.84 Å². The van der Waals surface area contributed by atoms with Crippen molar-refractivity contribution in [1.82, 2.24) is 15.1 Å². The third-order valence-corrected chi connectivity index (χ3v) is 4.01. The van der Waals surface area contributed by atoms with Crippen molar-refractivity contribution >= 4 is 16.5 Å². The second kappa shape index (κ2) is 5.56. The molecule has 90 valence electrons. The van der Waals surface area contributed by atoms with Crippen LogP contribution in [0, 0.1) is 0 Å². The summed E-state index contributed by atoms with van der Waals surface area (Å²) in [5.41, 5.74) is 2.53. The minimum Gasteiger partial charge on any atom is -0.298 e. The van der Waals surface area contributed by atoms with Crippen LogP contribution < -0.4 is 11.3 Å². The molecule has 0 saturated heterocycles. The molecule has 0 unspecified atom stereocenters. The Morgan fingerprint density at radius 1 is 1.38 bits per heavy atom. The predicted molar refractivity (Wildman–Crippen MR) is 66.1 cm³/mol. The first-order valence-corrected chi connectivity index (χ1v) is 6.60. The standard InChI is InChI=1S/C10H19N5S/c1-15(8-5-3-2-4-6-8)7-9-13-14-10(12-11)16-9/h8H,2-7,11H2,1H3,(H,12,14). The molecule has 1 aromatic heterocycles. The van der Waals surface area contributed by atoms with Crippen molar-refractivity contribution < 1.29 is 0 Å². The van der Waals surface area contributed by atoms with Crippen molar-refractivity contribution in [1.29, 1.82) is 0 Å². The minimum atomic E-state index is 0.687. The van der Waals surface area contributed by atoms with Gasteiger partial charge in [0, 0.05) is 6.04 Å². The number of anilines is 1. The smallest absolute Gasteiger partial charge is 0.219 e. The molecule has 0 spiro atoms. The zero-order chi connectivity index (χ0) is 11.4. The molecule has 0 aromatic carbocycles. The SMILES string of the molecule is CN(Cc1nnc(NN)s1)C1CCCCC1. The largest absolute Gasteiger partial charge is 0.298 e. The molecule has 0 amide bonds. The van der Waals surface area contributed by atoms with E-state index in [1.165, 1.54) is 43.4 Å². The van der Waals surface area contributed by atoms with E-state index in [0.29, 0.717) is 11.2 Å². The quantitative estimate of drug-likeness (QED) is 0.619. The molecule has 6 heteroatoms. The second-order valence-corrected chi connectivity index (χ2v) is 5.41. The number of rotatable bonds is 4. The van der Waals surface area contributed by atoms with Crippen LogP contribution in [0.1, 0.15) is 37.1 Å². The molecule has 1 heterocycles. The van der Waals surface area contributed by atoms with E-state index in [1.54, 1.807) is 0 Å². The second-order valence-electron chi connectivity index (χ2n) is 4.35. The van der Waals surface area contributed by atoms with Crippen molar-refractivity contribution in [3.63, 3.8) is 0 Å². The molecule has 0 atom stereocenters. The molecule has 2 rings (SSSR count). The summed E-state index contributed by atoms with van der Waals surface area (Å²) in [6.07, 6.45) is 6.75. The van der Waals surface area contributed by atoms with Crippen molar-refractivity contribution in [2.75, 3.05) is 12.5 Å². The summed E-state index contributed by atoms with van der Waals surface area (Å²) in [4.78, 5) is 2.39. The van der Waals surface area contributed by atoms with Crippen LogP contribution in [0.4, 0.5) is 5.13 Å². The molecule has 16 heavy (non-hydrogen) atoms. The first-order chi connectivity index (χ1) is 7.79. The fourth-order valence-electron chi connectivity index (χ4n) is 2.24. The van der Waals surface area contributed by atoms with Gasteiger partial charge in [-0.1, -0.05) is 30.6 Å². The van der Waals surface area contributed by atoms with E-state index in [9.17, 15) is 0 Å². The van der Waals surface area contributed by atoms with Crippen LogP contribution in [0.25, 0.3) is 0 Å².